The van der Waals surface area contributed by atoms with Crippen LogP contribution in [0, 0.1) is 0 Å². The van der Waals surface area contributed by atoms with Gasteiger partial charge in [0.05, 0.1) is 18.0 Å². The minimum atomic E-state index is -4.02. The third kappa shape index (κ3) is 6.63. The fraction of sp³-hybridized carbons (Fsp3) is 0.364. The summed E-state index contributed by atoms with van der Waals surface area (Å²) in [6.45, 7) is 2.70. The Morgan fingerprint density at radius 3 is 2.24 bits per heavy atom. The fourth-order valence-corrected chi connectivity index (χ4v) is 5.53. The maximum Gasteiger partial charge on any atom is 0.409 e. The van der Waals surface area contributed by atoms with Gasteiger partial charge in [-0.05, 0) is 48.9 Å². The molecule has 2 aromatic rings. The Hall–Kier alpha value is -1.85. The number of benzene rings is 2. The van der Waals surface area contributed by atoms with Crippen molar-refractivity contribution in [3.63, 3.8) is 0 Å². The van der Waals surface area contributed by atoms with Crippen molar-refractivity contribution in [1.29, 1.82) is 0 Å². The summed E-state index contributed by atoms with van der Waals surface area (Å²) in [4.78, 5) is 28.1. The summed E-state index contributed by atoms with van der Waals surface area (Å²) in [5.74, 6) is -0.366. The first-order valence-corrected chi connectivity index (χ1v) is 13.5. The molecule has 0 aliphatic carbocycles. The van der Waals surface area contributed by atoms with E-state index in [4.69, 9.17) is 27.9 Å². The van der Waals surface area contributed by atoms with Crippen molar-refractivity contribution >= 4 is 61.2 Å². The van der Waals surface area contributed by atoms with E-state index >= 15 is 0 Å². The topological polar surface area (TPSA) is 87.2 Å². The molecule has 34 heavy (non-hydrogen) atoms. The van der Waals surface area contributed by atoms with Crippen molar-refractivity contribution in [3.05, 3.63) is 62.5 Å². The lowest BCUT2D eigenvalue weighted by molar-refractivity contribution is -0.133. The summed E-state index contributed by atoms with van der Waals surface area (Å²) in [5.41, 5.74) is 0.520. The Labute approximate surface area is 217 Å². The van der Waals surface area contributed by atoms with Crippen LogP contribution in [0.3, 0.4) is 0 Å². The molecule has 0 radical (unpaired) electrons. The first kappa shape index (κ1) is 26.7. The van der Waals surface area contributed by atoms with Crippen LogP contribution in [0.1, 0.15) is 12.5 Å². The summed E-state index contributed by atoms with van der Waals surface area (Å²) in [6.07, 6.45) is -0.425. The summed E-state index contributed by atoms with van der Waals surface area (Å²) >= 11 is 15.6. The van der Waals surface area contributed by atoms with E-state index in [2.05, 4.69) is 15.9 Å². The highest BCUT2D eigenvalue weighted by Crippen LogP contribution is 2.26. The van der Waals surface area contributed by atoms with Crippen LogP contribution in [-0.4, -0.2) is 73.9 Å². The zero-order chi connectivity index (χ0) is 24.9. The summed E-state index contributed by atoms with van der Waals surface area (Å²) in [5, 5.41) is 0.727. The lowest BCUT2D eigenvalue weighted by Crippen LogP contribution is -2.53. The van der Waals surface area contributed by atoms with Crippen LogP contribution in [0.5, 0.6) is 0 Å². The van der Waals surface area contributed by atoms with E-state index in [1.807, 2.05) is 0 Å². The predicted octanol–water partition coefficient (Wildman–Crippen LogP) is 4.25. The number of hydrogen-bond acceptors (Lipinski definition) is 5. The molecule has 1 aliphatic heterocycles. The summed E-state index contributed by atoms with van der Waals surface area (Å²) < 4.78 is 33.8. The lowest BCUT2D eigenvalue weighted by Gasteiger charge is -2.35. The molecule has 12 heteroatoms. The lowest BCUT2D eigenvalue weighted by atomic mass is 10.2. The van der Waals surface area contributed by atoms with Crippen molar-refractivity contribution in [2.45, 2.75) is 18.4 Å². The number of ether oxygens (including phenoxy) is 1. The Bertz CT molecular complexity index is 1140. The van der Waals surface area contributed by atoms with E-state index in [0.29, 0.717) is 28.7 Å². The third-order valence-electron chi connectivity index (χ3n) is 5.28. The number of amides is 2. The highest BCUT2D eigenvalue weighted by molar-refractivity contribution is 9.10. The molecule has 2 aromatic carbocycles. The molecule has 2 amide bonds. The molecule has 0 saturated carbocycles. The van der Waals surface area contributed by atoms with Crippen molar-refractivity contribution in [3.8, 4) is 0 Å². The van der Waals surface area contributed by atoms with Gasteiger partial charge in [0, 0.05) is 47.2 Å². The molecule has 1 aliphatic rings. The molecule has 8 nitrogen and oxygen atoms in total. The quantitative estimate of drug-likeness (QED) is 0.480. The van der Waals surface area contributed by atoms with Gasteiger partial charge in [0.15, 0.2) is 0 Å². The third-order valence-corrected chi connectivity index (χ3v) is 8.20. The van der Waals surface area contributed by atoms with Gasteiger partial charge in [-0.2, -0.15) is 4.31 Å². The maximum atomic E-state index is 13.5. The summed E-state index contributed by atoms with van der Waals surface area (Å²) in [7, 11) is -4.02. The highest BCUT2D eigenvalue weighted by Gasteiger charge is 2.31. The minimum absolute atomic E-state index is 0.0562. The molecule has 1 heterocycles. The largest absolute Gasteiger partial charge is 0.450 e. The van der Waals surface area contributed by atoms with Gasteiger partial charge in [-0.3, -0.25) is 4.79 Å². The number of rotatable bonds is 7. The molecule has 1 saturated heterocycles. The van der Waals surface area contributed by atoms with Gasteiger partial charge in [0.1, 0.15) is 0 Å². The second kappa shape index (κ2) is 11.7. The number of nitrogens with zero attached hydrogens (tertiary/aromatic N) is 3. The number of hydrogen-bond donors (Lipinski definition) is 0. The van der Waals surface area contributed by atoms with E-state index in [1.165, 1.54) is 23.1 Å². The number of sulfonamides is 1. The van der Waals surface area contributed by atoms with Gasteiger partial charge in [0.25, 0.3) is 0 Å². The molecule has 0 N–H and O–H groups in total. The smallest absolute Gasteiger partial charge is 0.409 e. The zero-order valence-electron chi connectivity index (χ0n) is 18.4. The molecule has 3 rings (SSSR count). The molecular weight excluding hydrogens is 569 g/mol. The minimum Gasteiger partial charge on any atom is -0.450 e. The molecule has 0 spiro atoms. The van der Waals surface area contributed by atoms with Gasteiger partial charge in [-0.1, -0.05) is 45.2 Å². The van der Waals surface area contributed by atoms with Crippen molar-refractivity contribution in [1.82, 2.24) is 14.1 Å². The van der Waals surface area contributed by atoms with Gasteiger partial charge < -0.3 is 14.5 Å². The fourth-order valence-electron chi connectivity index (χ4n) is 3.43. The van der Waals surface area contributed by atoms with Crippen LogP contribution in [0.2, 0.25) is 10.0 Å². The molecule has 0 atom stereocenters. The van der Waals surface area contributed by atoms with Crippen LogP contribution in [0.15, 0.2) is 51.8 Å². The second-order valence-electron chi connectivity index (χ2n) is 7.53. The van der Waals surface area contributed by atoms with Crippen molar-refractivity contribution in [2.24, 2.45) is 0 Å². The van der Waals surface area contributed by atoms with Gasteiger partial charge in [-0.25, -0.2) is 13.2 Å². The monoisotopic (exact) mass is 591 g/mol. The van der Waals surface area contributed by atoms with E-state index in [0.717, 1.165) is 8.78 Å². The summed E-state index contributed by atoms with van der Waals surface area (Å²) in [6, 6.07) is 11.0. The van der Waals surface area contributed by atoms with Crippen molar-refractivity contribution in [2.75, 3.05) is 39.3 Å². The Morgan fingerprint density at radius 1 is 1.03 bits per heavy atom. The Balaban J connectivity index is 1.80. The van der Waals surface area contributed by atoms with E-state index < -0.39 is 16.1 Å². The van der Waals surface area contributed by atoms with E-state index in [1.54, 1.807) is 36.1 Å². The highest BCUT2D eigenvalue weighted by atomic mass is 79.9. The van der Waals surface area contributed by atoms with Crippen molar-refractivity contribution < 1.29 is 22.7 Å². The van der Waals surface area contributed by atoms with E-state index in [-0.39, 0.29) is 43.6 Å². The SMILES string of the molecule is CCOC(=O)N1CCN(C(=O)CN(Cc2ccc(Cl)cc2Cl)S(=O)(=O)c2ccc(Br)cc2)CC1. The van der Waals surface area contributed by atoms with E-state index in [9.17, 15) is 18.0 Å². The van der Waals surface area contributed by atoms with Gasteiger partial charge in [-0.15, -0.1) is 0 Å². The average molecular weight is 593 g/mol. The van der Waals surface area contributed by atoms with Crippen LogP contribution >= 0.6 is 39.1 Å². The van der Waals surface area contributed by atoms with Gasteiger partial charge >= 0.3 is 6.09 Å². The molecular formula is C22H24BrCl2N3O5S. The Kier molecular flexibility index (Phi) is 9.22. The van der Waals surface area contributed by atoms with Crippen LogP contribution in [-0.2, 0) is 26.1 Å². The second-order valence-corrected chi connectivity index (χ2v) is 11.2. The predicted molar refractivity (Wildman–Crippen MR) is 133 cm³/mol. The van der Waals surface area contributed by atoms with Crippen LogP contribution in [0.4, 0.5) is 4.79 Å². The van der Waals surface area contributed by atoms with Crippen LogP contribution in [0.25, 0.3) is 0 Å². The number of halogens is 3. The average Bonchev–Trinajstić information content (AvgIpc) is 2.80. The number of piperazine rings is 1. The maximum absolute atomic E-state index is 13.5. The standard InChI is InChI=1S/C22H24BrCl2N3O5S/c1-2-33-22(30)27-11-9-26(10-12-27)21(29)15-28(14-16-3-6-18(24)13-20(16)25)34(31,32)19-7-4-17(23)5-8-19/h3-8,13H,2,9-12,14-15H2,1H3. The molecule has 0 unspecified atom stereocenters. The first-order chi connectivity index (χ1) is 16.1. The normalized spacial score (nSPS) is 14.4. The first-order valence-electron chi connectivity index (χ1n) is 10.5. The number of carbonyl (C=O) groups excluding carboxylic acids is 2. The number of carbonyl (C=O) groups is 2. The molecule has 1 fully saturated rings. The van der Waals surface area contributed by atoms with Crippen LogP contribution < -0.4 is 0 Å². The Morgan fingerprint density at radius 2 is 1.65 bits per heavy atom. The molecule has 0 bridgehead atoms. The molecule has 184 valence electrons. The van der Waals surface area contributed by atoms with Gasteiger partial charge in [0.2, 0.25) is 15.9 Å². The zero-order valence-corrected chi connectivity index (χ0v) is 22.3. The molecule has 0 aromatic heterocycles.